The molecule has 1 rings (SSSR count). The zero-order chi connectivity index (χ0) is 6.69. The summed E-state index contributed by atoms with van der Waals surface area (Å²) in [6.45, 7) is 1.09. The zero-order valence-electron chi connectivity index (χ0n) is 5.82. The van der Waals surface area contributed by atoms with Crippen molar-refractivity contribution in [1.82, 2.24) is 0 Å². The van der Waals surface area contributed by atoms with Crippen LogP contribution in [-0.4, -0.2) is 30.5 Å². The molecule has 0 spiro atoms. The number of nitrogens with two attached hydrogens (primary N) is 1. The van der Waals surface area contributed by atoms with Gasteiger partial charge in [-0.3, -0.25) is 0 Å². The molecule has 3 N–H and O–H groups in total. The highest BCUT2D eigenvalue weighted by molar-refractivity contribution is 5.85. The van der Waals surface area contributed by atoms with E-state index in [4.69, 9.17) is 15.6 Å². The van der Waals surface area contributed by atoms with Gasteiger partial charge in [-0.2, -0.15) is 0 Å². The maximum atomic E-state index is 9.11. The summed E-state index contributed by atoms with van der Waals surface area (Å²) in [7, 11) is 0. The molecule has 1 saturated heterocycles. The molecule has 4 heteroatoms. The Balaban J connectivity index is 0.000000810. The molecule has 1 aliphatic heterocycles. The van der Waals surface area contributed by atoms with Crippen LogP contribution in [0.5, 0.6) is 0 Å². The summed E-state index contributed by atoms with van der Waals surface area (Å²) in [6.07, 6.45) is 1.57. The molecule has 0 bridgehead atoms. The van der Waals surface area contributed by atoms with Crippen molar-refractivity contribution in [3.05, 3.63) is 0 Å². The van der Waals surface area contributed by atoms with Crippen LogP contribution in [-0.2, 0) is 4.74 Å². The number of rotatable bonds is 2. The Morgan fingerprint density at radius 3 is 2.80 bits per heavy atom. The van der Waals surface area contributed by atoms with Crippen molar-refractivity contribution in [3.8, 4) is 0 Å². The lowest BCUT2D eigenvalue weighted by Crippen LogP contribution is -2.32. The molecule has 0 aromatic heterocycles. The van der Waals surface area contributed by atoms with Crippen molar-refractivity contribution >= 4 is 12.4 Å². The van der Waals surface area contributed by atoms with E-state index < -0.39 is 6.10 Å². The molecular weight excluding hydrogens is 154 g/mol. The molecule has 2 atom stereocenters. The smallest absolute Gasteiger partial charge is 0.0923 e. The van der Waals surface area contributed by atoms with Crippen LogP contribution in [0.25, 0.3) is 0 Å². The van der Waals surface area contributed by atoms with Crippen LogP contribution in [0.2, 0.25) is 0 Å². The standard InChI is InChI=1S/C6H13NO2.ClH/c7-4-5(8)6-2-1-3-9-6;/h5-6,8H,1-4,7H2;1H. The van der Waals surface area contributed by atoms with E-state index in [0.717, 1.165) is 19.4 Å². The third kappa shape index (κ3) is 2.42. The van der Waals surface area contributed by atoms with Gasteiger partial charge in [0.1, 0.15) is 0 Å². The number of aliphatic hydroxyl groups excluding tert-OH is 1. The van der Waals surface area contributed by atoms with Crippen LogP contribution in [0.4, 0.5) is 0 Å². The Morgan fingerprint density at radius 2 is 2.40 bits per heavy atom. The van der Waals surface area contributed by atoms with Crippen molar-refractivity contribution in [2.24, 2.45) is 5.73 Å². The van der Waals surface area contributed by atoms with Crippen LogP contribution < -0.4 is 5.73 Å². The summed E-state index contributed by atoms with van der Waals surface area (Å²) in [6, 6.07) is 0. The first-order valence-corrected chi connectivity index (χ1v) is 3.34. The van der Waals surface area contributed by atoms with E-state index in [9.17, 15) is 0 Å². The Kier molecular flexibility index (Phi) is 4.99. The van der Waals surface area contributed by atoms with E-state index in [0.29, 0.717) is 6.54 Å². The molecule has 0 saturated carbocycles. The second-order valence-electron chi connectivity index (χ2n) is 2.35. The summed E-state index contributed by atoms with van der Waals surface area (Å²) < 4.78 is 5.18. The molecule has 3 nitrogen and oxygen atoms in total. The summed E-state index contributed by atoms with van der Waals surface area (Å²) in [4.78, 5) is 0. The van der Waals surface area contributed by atoms with Crippen LogP contribution in [0.1, 0.15) is 12.8 Å². The highest BCUT2D eigenvalue weighted by atomic mass is 35.5. The first-order chi connectivity index (χ1) is 4.34. The lowest BCUT2D eigenvalue weighted by Gasteiger charge is -2.14. The lowest BCUT2D eigenvalue weighted by molar-refractivity contribution is 0.00365. The summed E-state index contributed by atoms with van der Waals surface area (Å²) in [5, 5.41) is 9.11. The fourth-order valence-electron chi connectivity index (χ4n) is 1.06. The Bertz CT molecular complexity index is 85.8. The topological polar surface area (TPSA) is 55.5 Å². The highest BCUT2D eigenvalue weighted by Gasteiger charge is 2.22. The number of aliphatic hydroxyl groups is 1. The average molecular weight is 168 g/mol. The number of halogens is 1. The monoisotopic (exact) mass is 167 g/mol. The number of hydrogen-bond donors (Lipinski definition) is 2. The van der Waals surface area contributed by atoms with E-state index in [1.54, 1.807) is 0 Å². The first-order valence-electron chi connectivity index (χ1n) is 3.34. The summed E-state index contributed by atoms with van der Waals surface area (Å²) >= 11 is 0. The van der Waals surface area contributed by atoms with Gasteiger partial charge in [0.05, 0.1) is 12.2 Å². The molecule has 0 radical (unpaired) electrons. The van der Waals surface area contributed by atoms with Crippen molar-refractivity contribution in [2.45, 2.75) is 25.0 Å². The van der Waals surface area contributed by atoms with Crippen molar-refractivity contribution in [2.75, 3.05) is 13.2 Å². The first kappa shape index (κ1) is 10.2. The fourth-order valence-corrected chi connectivity index (χ4v) is 1.06. The van der Waals surface area contributed by atoms with Crippen molar-refractivity contribution < 1.29 is 9.84 Å². The van der Waals surface area contributed by atoms with Crippen molar-refractivity contribution in [3.63, 3.8) is 0 Å². The van der Waals surface area contributed by atoms with Crippen LogP contribution in [0, 0.1) is 0 Å². The van der Waals surface area contributed by atoms with Gasteiger partial charge in [-0.1, -0.05) is 0 Å². The highest BCUT2D eigenvalue weighted by Crippen LogP contribution is 2.14. The molecule has 2 unspecified atom stereocenters. The molecular formula is C6H14ClNO2. The van der Waals surface area contributed by atoms with Crippen LogP contribution in [0.15, 0.2) is 0 Å². The zero-order valence-corrected chi connectivity index (χ0v) is 6.64. The van der Waals surface area contributed by atoms with Crippen LogP contribution in [0.3, 0.4) is 0 Å². The molecule has 10 heavy (non-hydrogen) atoms. The summed E-state index contributed by atoms with van der Waals surface area (Å²) in [5.74, 6) is 0. The minimum atomic E-state index is -0.451. The average Bonchev–Trinajstić information content (AvgIpc) is 2.37. The summed E-state index contributed by atoms with van der Waals surface area (Å²) in [5.41, 5.74) is 5.22. The third-order valence-corrected chi connectivity index (χ3v) is 1.64. The molecule has 1 heterocycles. The van der Waals surface area contributed by atoms with Gasteiger partial charge < -0.3 is 15.6 Å². The predicted molar refractivity (Wildman–Crippen MR) is 41.3 cm³/mol. The Morgan fingerprint density at radius 1 is 1.70 bits per heavy atom. The largest absolute Gasteiger partial charge is 0.389 e. The second kappa shape index (κ2) is 4.91. The van der Waals surface area contributed by atoms with E-state index in [1.807, 2.05) is 0 Å². The van der Waals surface area contributed by atoms with Gasteiger partial charge in [0.15, 0.2) is 0 Å². The van der Waals surface area contributed by atoms with Gasteiger partial charge in [0, 0.05) is 13.2 Å². The third-order valence-electron chi connectivity index (χ3n) is 1.64. The van der Waals surface area contributed by atoms with Crippen LogP contribution >= 0.6 is 12.4 Å². The quantitative estimate of drug-likeness (QED) is 0.605. The SMILES string of the molecule is Cl.NCC(O)C1CCCO1. The molecule has 1 fully saturated rings. The van der Waals surface area contributed by atoms with E-state index in [-0.39, 0.29) is 18.5 Å². The number of ether oxygens (including phenoxy) is 1. The minimum Gasteiger partial charge on any atom is -0.389 e. The van der Waals surface area contributed by atoms with E-state index in [2.05, 4.69) is 0 Å². The minimum absolute atomic E-state index is 0. The number of hydrogen-bond acceptors (Lipinski definition) is 3. The molecule has 62 valence electrons. The fraction of sp³-hybridized carbons (Fsp3) is 1.00. The lowest BCUT2D eigenvalue weighted by atomic mass is 10.1. The van der Waals surface area contributed by atoms with E-state index in [1.165, 1.54) is 0 Å². The maximum Gasteiger partial charge on any atom is 0.0923 e. The molecule has 1 aliphatic rings. The van der Waals surface area contributed by atoms with Gasteiger partial charge in [0.25, 0.3) is 0 Å². The normalized spacial score (nSPS) is 27.6. The van der Waals surface area contributed by atoms with Gasteiger partial charge in [-0.05, 0) is 12.8 Å². The maximum absolute atomic E-state index is 9.11. The van der Waals surface area contributed by atoms with Gasteiger partial charge >= 0.3 is 0 Å². The second-order valence-corrected chi connectivity index (χ2v) is 2.35. The van der Waals surface area contributed by atoms with Gasteiger partial charge in [-0.25, -0.2) is 0 Å². The van der Waals surface area contributed by atoms with Gasteiger partial charge in [-0.15, -0.1) is 12.4 Å². The van der Waals surface area contributed by atoms with Gasteiger partial charge in [0.2, 0.25) is 0 Å². The molecule has 0 aromatic carbocycles. The molecule has 0 aliphatic carbocycles. The van der Waals surface area contributed by atoms with E-state index >= 15 is 0 Å². The molecule has 0 aromatic rings. The molecule has 0 amide bonds. The Labute approximate surface area is 67.0 Å². The predicted octanol–water partition coefficient (Wildman–Crippen LogP) is -0.0932. The Hall–Kier alpha value is 0.170. The van der Waals surface area contributed by atoms with Crippen molar-refractivity contribution in [1.29, 1.82) is 0 Å².